The Kier molecular flexibility index (Phi) is 5.40. The van der Waals surface area contributed by atoms with Crippen LogP contribution in [0.5, 0.6) is 0 Å². The summed E-state index contributed by atoms with van der Waals surface area (Å²) in [6.45, 7) is 10.6. The van der Waals surface area contributed by atoms with E-state index >= 15 is 0 Å². The van der Waals surface area contributed by atoms with Crippen molar-refractivity contribution in [1.29, 1.82) is 0 Å². The monoisotopic (exact) mass is 241 g/mol. The lowest BCUT2D eigenvalue weighted by Crippen LogP contribution is -2.43. The molecule has 0 spiro atoms. The zero-order valence-electron chi connectivity index (χ0n) is 11.5. The summed E-state index contributed by atoms with van der Waals surface area (Å²) in [5.74, 6) is -0.0677. The molecule has 1 fully saturated rings. The van der Waals surface area contributed by atoms with Gasteiger partial charge < -0.3 is 16.0 Å². The van der Waals surface area contributed by atoms with E-state index in [2.05, 4.69) is 31.0 Å². The Labute approximate surface area is 105 Å². The fraction of sp³-hybridized carbons (Fsp3) is 0.923. The van der Waals surface area contributed by atoms with E-state index in [1.165, 1.54) is 0 Å². The fourth-order valence-electron chi connectivity index (χ4n) is 2.26. The Morgan fingerprint density at radius 2 is 2.18 bits per heavy atom. The van der Waals surface area contributed by atoms with E-state index in [4.69, 9.17) is 5.73 Å². The second-order valence-electron chi connectivity index (χ2n) is 6.07. The number of nitrogens with two attached hydrogens (primary N) is 1. The van der Waals surface area contributed by atoms with Gasteiger partial charge in [-0.15, -0.1) is 0 Å². The molecule has 3 N–H and O–H groups in total. The van der Waals surface area contributed by atoms with Crippen LogP contribution in [0.3, 0.4) is 0 Å². The van der Waals surface area contributed by atoms with E-state index in [-0.39, 0.29) is 17.4 Å². The molecule has 17 heavy (non-hydrogen) atoms. The van der Waals surface area contributed by atoms with Crippen molar-refractivity contribution in [3.8, 4) is 0 Å². The number of nitrogens with one attached hydrogen (secondary N) is 1. The number of primary amides is 1. The number of amides is 1. The number of rotatable bonds is 5. The van der Waals surface area contributed by atoms with Gasteiger partial charge in [-0.05, 0) is 59.7 Å². The minimum atomic E-state index is -0.137. The predicted molar refractivity (Wildman–Crippen MR) is 70.7 cm³/mol. The van der Waals surface area contributed by atoms with Gasteiger partial charge in [0.05, 0.1) is 5.92 Å². The minimum Gasteiger partial charge on any atom is -0.369 e. The molecule has 0 aromatic rings. The van der Waals surface area contributed by atoms with E-state index < -0.39 is 0 Å². The SMILES string of the molecule is CC(C)(C)NCCCN1CCCC(C(N)=O)C1. The molecule has 0 aliphatic carbocycles. The van der Waals surface area contributed by atoms with Crippen molar-refractivity contribution >= 4 is 5.91 Å². The van der Waals surface area contributed by atoms with E-state index in [9.17, 15) is 4.79 Å². The minimum absolute atomic E-state index is 0.0688. The molecule has 0 bridgehead atoms. The van der Waals surface area contributed by atoms with Gasteiger partial charge >= 0.3 is 0 Å². The second-order valence-corrected chi connectivity index (χ2v) is 6.07. The second kappa shape index (κ2) is 6.36. The van der Waals surface area contributed by atoms with Crippen molar-refractivity contribution in [2.45, 2.75) is 45.6 Å². The summed E-state index contributed by atoms with van der Waals surface area (Å²) in [6, 6.07) is 0. The Hall–Kier alpha value is -0.610. The summed E-state index contributed by atoms with van der Waals surface area (Å²) in [5, 5.41) is 3.48. The zero-order chi connectivity index (χ0) is 12.9. The summed E-state index contributed by atoms with van der Waals surface area (Å²) in [6.07, 6.45) is 3.19. The van der Waals surface area contributed by atoms with Crippen molar-refractivity contribution in [3.05, 3.63) is 0 Å². The normalized spacial score (nSPS) is 22.6. The van der Waals surface area contributed by atoms with Crippen molar-refractivity contribution < 1.29 is 4.79 Å². The molecule has 1 heterocycles. The summed E-state index contributed by atoms with van der Waals surface area (Å²) in [4.78, 5) is 13.5. The lowest BCUT2D eigenvalue weighted by molar-refractivity contribution is -0.123. The summed E-state index contributed by atoms with van der Waals surface area (Å²) < 4.78 is 0. The van der Waals surface area contributed by atoms with Crippen LogP contribution in [0.4, 0.5) is 0 Å². The Morgan fingerprint density at radius 3 is 2.76 bits per heavy atom. The molecule has 1 aliphatic rings. The van der Waals surface area contributed by atoms with E-state index in [1.807, 2.05) is 0 Å². The molecule has 1 amide bonds. The van der Waals surface area contributed by atoms with Crippen molar-refractivity contribution in [1.82, 2.24) is 10.2 Å². The molecule has 1 rings (SSSR count). The average Bonchev–Trinajstić information content (AvgIpc) is 2.23. The number of piperidine rings is 1. The van der Waals surface area contributed by atoms with Gasteiger partial charge in [-0.25, -0.2) is 0 Å². The molecule has 4 heteroatoms. The third-order valence-electron chi connectivity index (χ3n) is 3.21. The maximum Gasteiger partial charge on any atom is 0.221 e. The summed E-state index contributed by atoms with van der Waals surface area (Å²) in [7, 11) is 0. The number of hydrogen-bond donors (Lipinski definition) is 2. The first-order valence-electron chi connectivity index (χ1n) is 6.65. The van der Waals surface area contributed by atoms with Crippen LogP contribution in [-0.2, 0) is 4.79 Å². The van der Waals surface area contributed by atoms with E-state index in [1.54, 1.807) is 0 Å². The van der Waals surface area contributed by atoms with Crippen LogP contribution in [0.25, 0.3) is 0 Å². The van der Waals surface area contributed by atoms with Gasteiger partial charge in [0.1, 0.15) is 0 Å². The molecule has 100 valence electrons. The van der Waals surface area contributed by atoms with Crippen LogP contribution in [0, 0.1) is 5.92 Å². The third kappa shape index (κ3) is 6.03. The molecular formula is C13H27N3O. The topological polar surface area (TPSA) is 58.4 Å². The highest BCUT2D eigenvalue weighted by Gasteiger charge is 2.23. The lowest BCUT2D eigenvalue weighted by Gasteiger charge is -2.31. The van der Waals surface area contributed by atoms with Crippen molar-refractivity contribution in [2.24, 2.45) is 11.7 Å². The highest BCUT2D eigenvalue weighted by Crippen LogP contribution is 2.15. The van der Waals surface area contributed by atoms with Gasteiger partial charge in [-0.1, -0.05) is 0 Å². The number of nitrogens with zero attached hydrogens (tertiary/aromatic N) is 1. The molecule has 1 saturated heterocycles. The first-order valence-corrected chi connectivity index (χ1v) is 6.65. The molecule has 1 atom stereocenters. The van der Waals surface area contributed by atoms with Gasteiger partial charge in [0.2, 0.25) is 5.91 Å². The van der Waals surface area contributed by atoms with E-state index in [0.717, 1.165) is 45.4 Å². The molecule has 1 aliphatic heterocycles. The Balaban J connectivity index is 2.17. The average molecular weight is 241 g/mol. The van der Waals surface area contributed by atoms with Gasteiger partial charge in [0.25, 0.3) is 0 Å². The molecular weight excluding hydrogens is 214 g/mol. The van der Waals surface area contributed by atoms with Gasteiger partial charge in [0.15, 0.2) is 0 Å². The van der Waals surface area contributed by atoms with Crippen molar-refractivity contribution in [2.75, 3.05) is 26.2 Å². The third-order valence-corrected chi connectivity index (χ3v) is 3.21. The highest BCUT2D eigenvalue weighted by molar-refractivity contribution is 5.76. The standard InChI is InChI=1S/C13H27N3O/c1-13(2,3)15-7-5-9-16-8-4-6-11(10-16)12(14)17/h11,15H,4-10H2,1-3H3,(H2,14,17). The Bertz CT molecular complexity index is 248. The van der Waals surface area contributed by atoms with Crippen LogP contribution in [0.2, 0.25) is 0 Å². The molecule has 0 aromatic heterocycles. The van der Waals surface area contributed by atoms with Crippen LogP contribution < -0.4 is 11.1 Å². The maximum absolute atomic E-state index is 11.1. The van der Waals surface area contributed by atoms with Crippen LogP contribution in [0.1, 0.15) is 40.0 Å². The molecule has 0 radical (unpaired) electrons. The maximum atomic E-state index is 11.1. The number of likely N-dealkylation sites (tertiary alicyclic amines) is 1. The first-order chi connectivity index (χ1) is 7.88. The number of hydrogen-bond acceptors (Lipinski definition) is 3. The molecule has 4 nitrogen and oxygen atoms in total. The smallest absolute Gasteiger partial charge is 0.221 e. The highest BCUT2D eigenvalue weighted by atomic mass is 16.1. The fourth-order valence-corrected chi connectivity index (χ4v) is 2.26. The summed E-state index contributed by atoms with van der Waals surface area (Å²) >= 11 is 0. The van der Waals surface area contributed by atoms with Crippen LogP contribution >= 0.6 is 0 Å². The first kappa shape index (κ1) is 14.5. The lowest BCUT2D eigenvalue weighted by atomic mass is 9.97. The summed E-state index contributed by atoms with van der Waals surface area (Å²) in [5.41, 5.74) is 5.56. The predicted octanol–water partition coefficient (Wildman–Crippen LogP) is 0.962. The molecule has 0 aromatic carbocycles. The van der Waals surface area contributed by atoms with Gasteiger partial charge in [-0.3, -0.25) is 4.79 Å². The largest absolute Gasteiger partial charge is 0.369 e. The number of carbonyl (C=O) groups is 1. The molecule has 1 unspecified atom stereocenters. The van der Waals surface area contributed by atoms with Crippen LogP contribution in [-0.4, -0.2) is 42.5 Å². The van der Waals surface area contributed by atoms with Gasteiger partial charge in [0, 0.05) is 12.1 Å². The van der Waals surface area contributed by atoms with E-state index in [0.29, 0.717) is 0 Å². The van der Waals surface area contributed by atoms with Crippen LogP contribution in [0.15, 0.2) is 0 Å². The number of carbonyl (C=O) groups excluding carboxylic acids is 1. The quantitative estimate of drug-likeness (QED) is 0.705. The Morgan fingerprint density at radius 1 is 1.47 bits per heavy atom. The molecule has 0 saturated carbocycles. The van der Waals surface area contributed by atoms with Crippen molar-refractivity contribution in [3.63, 3.8) is 0 Å². The zero-order valence-corrected chi connectivity index (χ0v) is 11.5. The van der Waals surface area contributed by atoms with Gasteiger partial charge in [-0.2, -0.15) is 0 Å².